The fourth-order valence-corrected chi connectivity index (χ4v) is 4.79. The Morgan fingerprint density at radius 2 is 2.16 bits per heavy atom. The van der Waals surface area contributed by atoms with Crippen molar-refractivity contribution in [1.82, 2.24) is 4.90 Å². The summed E-state index contributed by atoms with van der Waals surface area (Å²) < 4.78 is 1.04. The molecule has 0 bridgehead atoms. The van der Waals surface area contributed by atoms with Crippen LogP contribution in [0.25, 0.3) is 0 Å². The van der Waals surface area contributed by atoms with Gasteiger partial charge in [-0.15, -0.1) is 11.3 Å². The molecule has 6 heteroatoms. The first-order chi connectivity index (χ1) is 9.06. The molecule has 104 valence electrons. The first-order valence-electron chi connectivity index (χ1n) is 6.56. The van der Waals surface area contributed by atoms with Crippen molar-refractivity contribution < 1.29 is 4.79 Å². The fourth-order valence-electron chi connectivity index (χ4n) is 3.34. The fraction of sp³-hybridized carbons (Fsp3) is 0.615. The van der Waals surface area contributed by atoms with Crippen LogP contribution >= 0.6 is 34.5 Å². The Morgan fingerprint density at radius 3 is 2.79 bits per heavy atom. The van der Waals surface area contributed by atoms with Gasteiger partial charge in [0.25, 0.3) is 5.91 Å². The van der Waals surface area contributed by atoms with Gasteiger partial charge in [-0.25, -0.2) is 0 Å². The molecule has 1 aliphatic heterocycles. The van der Waals surface area contributed by atoms with E-state index in [-0.39, 0.29) is 11.9 Å². The van der Waals surface area contributed by atoms with Crippen molar-refractivity contribution >= 4 is 40.4 Å². The van der Waals surface area contributed by atoms with Gasteiger partial charge < -0.3 is 10.6 Å². The van der Waals surface area contributed by atoms with Crippen molar-refractivity contribution in [2.24, 2.45) is 17.6 Å². The summed E-state index contributed by atoms with van der Waals surface area (Å²) >= 11 is 13.2. The van der Waals surface area contributed by atoms with Gasteiger partial charge in [0.15, 0.2) is 0 Å². The second-order valence-electron chi connectivity index (χ2n) is 5.47. The second kappa shape index (κ2) is 5.24. The summed E-state index contributed by atoms with van der Waals surface area (Å²) in [7, 11) is 0. The second-order valence-corrected chi connectivity index (χ2v) is 7.75. The Hall–Kier alpha value is -0.290. The maximum Gasteiger partial charge on any atom is 0.256 e. The maximum absolute atomic E-state index is 12.5. The molecule has 1 saturated heterocycles. The van der Waals surface area contributed by atoms with Crippen molar-refractivity contribution in [1.29, 1.82) is 0 Å². The van der Waals surface area contributed by atoms with E-state index in [0.29, 0.717) is 26.1 Å². The van der Waals surface area contributed by atoms with Crippen LogP contribution in [-0.2, 0) is 0 Å². The van der Waals surface area contributed by atoms with E-state index in [1.807, 2.05) is 4.90 Å². The van der Waals surface area contributed by atoms with Gasteiger partial charge in [0.2, 0.25) is 0 Å². The quantitative estimate of drug-likeness (QED) is 0.864. The number of nitrogens with zero attached hydrogens (tertiary/aromatic N) is 1. The summed E-state index contributed by atoms with van der Waals surface area (Å²) in [6, 6.07) is 1.90. The van der Waals surface area contributed by atoms with Crippen molar-refractivity contribution in [2.75, 3.05) is 13.1 Å². The summed E-state index contributed by atoms with van der Waals surface area (Å²) in [6.07, 6.45) is 3.43. The third-order valence-corrected chi connectivity index (χ3v) is 5.82. The maximum atomic E-state index is 12.5. The number of hydrogen-bond donors (Lipinski definition) is 1. The Bertz CT molecular complexity index is 505. The molecule has 1 aromatic heterocycles. The molecule has 0 spiro atoms. The number of fused-ring (bicyclic) bond motifs is 1. The van der Waals surface area contributed by atoms with Crippen LogP contribution in [-0.4, -0.2) is 29.9 Å². The summed E-state index contributed by atoms with van der Waals surface area (Å²) in [4.78, 5) is 14.4. The number of carbonyl (C=O) groups excluding carboxylic acids is 1. The minimum absolute atomic E-state index is 0.00486. The molecular weight excluding hydrogens is 303 g/mol. The molecule has 1 amide bonds. The number of thiophene rings is 1. The predicted molar refractivity (Wildman–Crippen MR) is 79.0 cm³/mol. The van der Waals surface area contributed by atoms with E-state index >= 15 is 0 Å². The van der Waals surface area contributed by atoms with Crippen LogP contribution in [0, 0.1) is 11.8 Å². The molecule has 2 N–H and O–H groups in total. The molecule has 3 nitrogen and oxygen atoms in total. The molecule has 0 radical (unpaired) electrons. The van der Waals surface area contributed by atoms with Crippen LogP contribution in [0.1, 0.15) is 29.6 Å². The third-order valence-electron chi connectivity index (χ3n) is 4.33. The van der Waals surface area contributed by atoms with Crippen molar-refractivity contribution in [3.8, 4) is 0 Å². The van der Waals surface area contributed by atoms with Gasteiger partial charge in [0.05, 0.1) is 9.90 Å². The smallest absolute Gasteiger partial charge is 0.256 e. The zero-order valence-corrected chi connectivity index (χ0v) is 12.8. The standard InChI is InChI=1S/C13H16Cl2N2OS/c14-11-4-8(12(15)19-11)13(18)17-5-7-2-1-3-10(16)9(7)6-17/h4,7,9-10H,1-3,5-6,16H2. The van der Waals surface area contributed by atoms with Gasteiger partial charge in [-0.1, -0.05) is 29.6 Å². The van der Waals surface area contributed by atoms with E-state index in [1.165, 1.54) is 24.2 Å². The molecule has 2 heterocycles. The molecule has 1 aliphatic carbocycles. The molecule has 3 rings (SSSR count). The predicted octanol–water partition coefficient (Wildman–Crippen LogP) is 3.25. The lowest BCUT2D eigenvalue weighted by molar-refractivity contribution is 0.0784. The van der Waals surface area contributed by atoms with Gasteiger partial charge in [0, 0.05) is 19.1 Å². The number of halogens is 2. The van der Waals surface area contributed by atoms with Gasteiger partial charge in [0.1, 0.15) is 4.34 Å². The Kier molecular flexibility index (Phi) is 3.78. The molecule has 2 aliphatic rings. The minimum atomic E-state index is -0.00486. The summed E-state index contributed by atoms with van der Waals surface area (Å²) in [6.45, 7) is 1.56. The number of amides is 1. The van der Waals surface area contributed by atoms with E-state index in [2.05, 4.69) is 0 Å². The molecular formula is C13H16Cl2N2OS. The van der Waals surface area contributed by atoms with E-state index in [4.69, 9.17) is 28.9 Å². The normalized spacial score (nSPS) is 30.5. The SMILES string of the molecule is NC1CCCC2CN(C(=O)c3cc(Cl)sc3Cl)CC12. The highest BCUT2D eigenvalue weighted by Gasteiger charge is 2.40. The lowest BCUT2D eigenvalue weighted by Crippen LogP contribution is -2.38. The topological polar surface area (TPSA) is 46.3 Å². The number of hydrogen-bond acceptors (Lipinski definition) is 3. The van der Waals surface area contributed by atoms with Crippen LogP contribution < -0.4 is 5.73 Å². The van der Waals surface area contributed by atoms with Crippen LogP contribution in [0.5, 0.6) is 0 Å². The molecule has 0 aromatic carbocycles. The van der Waals surface area contributed by atoms with Crippen LogP contribution in [0.3, 0.4) is 0 Å². The zero-order valence-electron chi connectivity index (χ0n) is 10.4. The summed E-state index contributed by atoms with van der Waals surface area (Å²) in [5.41, 5.74) is 6.70. The molecule has 1 saturated carbocycles. The highest BCUT2D eigenvalue weighted by Crippen LogP contribution is 2.38. The Morgan fingerprint density at radius 1 is 1.37 bits per heavy atom. The van der Waals surface area contributed by atoms with Crippen LogP contribution in [0.4, 0.5) is 0 Å². The lowest BCUT2D eigenvalue weighted by Gasteiger charge is -2.29. The molecule has 1 aromatic rings. The monoisotopic (exact) mass is 318 g/mol. The highest BCUT2D eigenvalue weighted by atomic mass is 35.5. The first-order valence-corrected chi connectivity index (χ1v) is 8.13. The molecule has 19 heavy (non-hydrogen) atoms. The highest BCUT2D eigenvalue weighted by molar-refractivity contribution is 7.20. The lowest BCUT2D eigenvalue weighted by atomic mass is 9.78. The average molecular weight is 319 g/mol. The number of likely N-dealkylation sites (tertiary alicyclic amines) is 1. The molecule has 2 fully saturated rings. The van der Waals surface area contributed by atoms with Crippen molar-refractivity contribution in [2.45, 2.75) is 25.3 Å². The summed E-state index contributed by atoms with van der Waals surface area (Å²) in [5.74, 6) is 1.00. The minimum Gasteiger partial charge on any atom is -0.338 e. The average Bonchev–Trinajstić information content (AvgIpc) is 2.93. The van der Waals surface area contributed by atoms with E-state index in [9.17, 15) is 4.79 Å². The number of carbonyl (C=O) groups is 1. The summed E-state index contributed by atoms with van der Waals surface area (Å²) in [5, 5.41) is 0. The van der Waals surface area contributed by atoms with Gasteiger partial charge in [-0.3, -0.25) is 4.79 Å². The van der Waals surface area contributed by atoms with Crippen molar-refractivity contribution in [3.63, 3.8) is 0 Å². The van der Waals surface area contributed by atoms with Gasteiger partial charge >= 0.3 is 0 Å². The Labute approximate surface area is 126 Å². The largest absolute Gasteiger partial charge is 0.338 e. The van der Waals surface area contributed by atoms with Crippen LogP contribution in [0.2, 0.25) is 8.67 Å². The Balaban J connectivity index is 1.77. The van der Waals surface area contributed by atoms with Gasteiger partial charge in [-0.2, -0.15) is 0 Å². The number of nitrogens with two attached hydrogens (primary N) is 1. The first kappa shape index (κ1) is 13.7. The van der Waals surface area contributed by atoms with Gasteiger partial charge in [-0.05, 0) is 30.7 Å². The number of rotatable bonds is 1. The van der Waals surface area contributed by atoms with Crippen molar-refractivity contribution in [3.05, 3.63) is 20.3 Å². The molecule has 3 unspecified atom stereocenters. The third kappa shape index (κ3) is 2.51. The van der Waals surface area contributed by atoms with E-state index in [0.717, 1.165) is 19.5 Å². The van der Waals surface area contributed by atoms with E-state index in [1.54, 1.807) is 6.07 Å². The van der Waals surface area contributed by atoms with Crippen LogP contribution in [0.15, 0.2) is 6.07 Å². The van der Waals surface area contributed by atoms with E-state index < -0.39 is 0 Å². The zero-order chi connectivity index (χ0) is 13.6. The molecule has 3 atom stereocenters.